The van der Waals surface area contributed by atoms with E-state index in [1.54, 1.807) is 48.5 Å². The Morgan fingerprint density at radius 1 is 1.08 bits per heavy atom. The van der Waals surface area contributed by atoms with Gasteiger partial charge in [0.2, 0.25) is 0 Å². The number of rotatable bonds is 5. The Hall–Kier alpha value is -2.47. The van der Waals surface area contributed by atoms with Gasteiger partial charge in [0.1, 0.15) is 11.6 Å². The minimum atomic E-state index is -3.93. The third kappa shape index (κ3) is 4.76. The fourth-order valence-corrected chi connectivity index (χ4v) is 2.82. The topological polar surface area (TPSA) is 99.1 Å². The monoisotopic (exact) mass is 405 g/mol. The van der Waals surface area contributed by atoms with E-state index < -0.39 is 15.9 Å². The second kappa shape index (κ2) is 7.88. The van der Waals surface area contributed by atoms with E-state index in [1.807, 2.05) is 10.3 Å². The van der Waals surface area contributed by atoms with Gasteiger partial charge in [0.25, 0.3) is 15.9 Å². The normalized spacial score (nSPS) is 11.6. The molecule has 0 spiro atoms. The quantitative estimate of drug-likeness (QED) is 0.453. The summed E-state index contributed by atoms with van der Waals surface area (Å²) in [5.41, 5.74) is 2.46. The largest absolute Gasteiger partial charge is 0.276 e. The molecule has 1 amide bonds. The molecule has 8 heteroatoms. The molecule has 2 aromatic carbocycles. The molecule has 0 radical (unpaired) electrons. The van der Waals surface area contributed by atoms with Crippen LogP contribution in [0.4, 0.5) is 0 Å². The van der Waals surface area contributed by atoms with Crippen molar-refractivity contribution < 1.29 is 13.2 Å². The van der Waals surface area contributed by atoms with Gasteiger partial charge in [-0.05, 0) is 35.9 Å². The lowest BCUT2D eigenvalue weighted by molar-refractivity contribution is -0.117. The predicted octanol–water partition coefficient (Wildman–Crippen LogP) is 2.37. The van der Waals surface area contributed by atoms with Crippen LogP contribution < -0.4 is 10.3 Å². The molecule has 0 aliphatic carbocycles. The summed E-state index contributed by atoms with van der Waals surface area (Å²) in [7, 11) is -3.93. The Bertz CT molecular complexity index is 902. The summed E-state index contributed by atoms with van der Waals surface area (Å²) in [6, 6.07) is 16.4. The smallest absolute Gasteiger partial charge is 0.273 e. The Morgan fingerprint density at radius 2 is 1.71 bits per heavy atom. The summed E-state index contributed by atoms with van der Waals surface area (Å²) >= 11 is 3.21. The van der Waals surface area contributed by atoms with Crippen molar-refractivity contribution in [1.82, 2.24) is 10.3 Å². The van der Waals surface area contributed by atoms with Crippen LogP contribution in [0, 0.1) is 11.3 Å². The second-order valence-corrected chi connectivity index (χ2v) is 7.19. The maximum atomic E-state index is 12.1. The van der Waals surface area contributed by atoms with Gasteiger partial charge in [-0.15, -0.1) is 4.83 Å². The number of nitrogens with zero attached hydrogens (tertiary/aromatic N) is 1. The van der Waals surface area contributed by atoms with Gasteiger partial charge in [-0.25, -0.2) is 8.42 Å². The van der Waals surface area contributed by atoms with Crippen LogP contribution in [0.1, 0.15) is 5.56 Å². The van der Waals surface area contributed by atoms with Gasteiger partial charge in [0, 0.05) is 4.47 Å². The highest BCUT2D eigenvalue weighted by Crippen LogP contribution is 2.14. The summed E-state index contributed by atoms with van der Waals surface area (Å²) in [6.07, 6.45) is 1.36. The Balaban J connectivity index is 2.10. The average Bonchev–Trinajstić information content (AvgIpc) is 2.59. The molecule has 0 aliphatic rings. The second-order valence-electron chi connectivity index (χ2n) is 4.59. The lowest BCUT2D eigenvalue weighted by atomic mass is 10.1. The molecule has 0 aliphatic heterocycles. The van der Waals surface area contributed by atoms with Gasteiger partial charge in [0.15, 0.2) is 0 Å². The Labute approximate surface area is 148 Å². The van der Waals surface area contributed by atoms with Crippen LogP contribution in [0.3, 0.4) is 0 Å². The maximum absolute atomic E-state index is 12.1. The van der Waals surface area contributed by atoms with E-state index in [1.165, 1.54) is 18.2 Å². The summed E-state index contributed by atoms with van der Waals surface area (Å²) < 4.78 is 24.9. The highest BCUT2D eigenvalue weighted by molar-refractivity contribution is 9.10. The molecule has 0 saturated heterocycles. The highest BCUT2D eigenvalue weighted by Gasteiger charge is 2.16. The standard InChI is InChI=1S/C16H12BrN3O3S/c17-14-6-8-15(9-7-14)24(22,23)20-19-16(21)13(11-18)10-12-4-2-1-3-5-12/h1-10,20H,(H,19,21)/b13-10+. The highest BCUT2D eigenvalue weighted by atomic mass is 79.9. The summed E-state index contributed by atoms with van der Waals surface area (Å²) in [4.78, 5) is 13.9. The third-order valence-corrected chi connectivity index (χ3v) is 4.69. The van der Waals surface area contributed by atoms with E-state index >= 15 is 0 Å². The third-order valence-electron chi connectivity index (χ3n) is 2.90. The van der Waals surface area contributed by atoms with E-state index in [9.17, 15) is 13.2 Å². The number of carbonyl (C=O) groups excluding carboxylic acids is 1. The van der Waals surface area contributed by atoms with Gasteiger partial charge in [-0.1, -0.05) is 46.3 Å². The van der Waals surface area contributed by atoms with Crippen molar-refractivity contribution in [2.24, 2.45) is 0 Å². The molecule has 0 saturated carbocycles. The molecule has 0 bridgehead atoms. The molecule has 0 heterocycles. The maximum Gasteiger partial charge on any atom is 0.276 e. The van der Waals surface area contributed by atoms with Crippen molar-refractivity contribution >= 4 is 37.9 Å². The number of nitriles is 1. The van der Waals surface area contributed by atoms with Crippen molar-refractivity contribution in [3.8, 4) is 6.07 Å². The molecular weight excluding hydrogens is 394 g/mol. The van der Waals surface area contributed by atoms with E-state index in [0.29, 0.717) is 5.56 Å². The Morgan fingerprint density at radius 3 is 2.29 bits per heavy atom. The van der Waals surface area contributed by atoms with Gasteiger partial charge >= 0.3 is 0 Å². The zero-order valence-electron chi connectivity index (χ0n) is 12.2. The number of amides is 1. The van der Waals surface area contributed by atoms with Gasteiger partial charge < -0.3 is 0 Å². The van der Waals surface area contributed by atoms with Crippen LogP contribution in [0.5, 0.6) is 0 Å². The van der Waals surface area contributed by atoms with Crippen molar-refractivity contribution in [3.63, 3.8) is 0 Å². The molecule has 2 N–H and O–H groups in total. The number of nitrogens with one attached hydrogen (secondary N) is 2. The van der Waals surface area contributed by atoms with Gasteiger partial charge in [-0.3, -0.25) is 10.2 Å². The first kappa shape index (κ1) is 17.9. The van der Waals surface area contributed by atoms with Crippen LogP contribution in [0.15, 0.2) is 69.5 Å². The molecule has 0 aromatic heterocycles. The summed E-state index contributed by atoms with van der Waals surface area (Å²) in [6.45, 7) is 0. The molecule has 0 fully saturated rings. The molecule has 0 atom stereocenters. The number of carbonyl (C=O) groups is 1. The summed E-state index contributed by atoms with van der Waals surface area (Å²) in [5.74, 6) is -0.845. The predicted molar refractivity (Wildman–Crippen MR) is 92.6 cm³/mol. The SMILES string of the molecule is N#C/C(=C\c1ccccc1)C(=O)NNS(=O)(=O)c1ccc(Br)cc1. The average molecular weight is 406 g/mol. The molecule has 122 valence electrons. The number of hydrogen-bond donors (Lipinski definition) is 2. The van der Waals surface area contributed by atoms with Crippen LogP contribution in [0.2, 0.25) is 0 Å². The van der Waals surface area contributed by atoms with Crippen LogP contribution >= 0.6 is 15.9 Å². The first-order valence-corrected chi connectivity index (χ1v) is 8.94. The number of sulfonamides is 1. The number of hydrogen-bond acceptors (Lipinski definition) is 4. The van der Waals surface area contributed by atoms with E-state index in [-0.39, 0.29) is 10.5 Å². The first-order chi connectivity index (χ1) is 11.4. The molecule has 24 heavy (non-hydrogen) atoms. The fourth-order valence-electron chi connectivity index (χ4n) is 1.72. The van der Waals surface area contributed by atoms with E-state index in [4.69, 9.17) is 5.26 Å². The zero-order valence-corrected chi connectivity index (χ0v) is 14.6. The van der Waals surface area contributed by atoms with Crippen LogP contribution in [-0.2, 0) is 14.8 Å². The molecule has 6 nitrogen and oxygen atoms in total. The molecule has 0 unspecified atom stereocenters. The zero-order chi connectivity index (χ0) is 17.6. The van der Waals surface area contributed by atoms with Crippen molar-refractivity contribution in [2.45, 2.75) is 4.90 Å². The Kier molecular flexibility index (Phi) is 5.87. The first-order valence-electron chi connectivity index (χ1n) is 6.67. The lowest BCUT2D eigenvalue weighted by Gasteiger charge is -2.08. The minimum Gasteiger partial charge on any atom is -0.273 e. The van der Waals surface area contributed by atoms with Crippen LogP contribution in [-0.4, -0.2) is 14.3 Å². The van der Waals surface area contributed by atoms with Crippen molar-refractivity contribution in [3.05, 3.63) is 70.2 Å². The van der Waals surface area contributed by atoms with Crippen molar-refractivity contribution in [2.75, 3.05) is 0 Å². The molecule has 2 aromatic rings. The number of hydrazine groups is 1. The van der Waals surface area contributed by atoms with Gasteiger partial charge in [-0.2, -0.15) is 5.26 Å². The molecule has 2 rings (SSSR count). The van der Waals surface area contributed by atoms with Crippen molar-refractivity contribution in [1.29, 1.82) is 5.26 Å². The van der Waals surface area contributed by atoms with E-state index in [2.05, 4.69) is 15.9 Å². The fraction of sp³-hybridized carbons (Fsp3) is 0. The number of benzene rings is 2. The minimum absolute atomic E-state index is 0.0171. The van der Waals surface area contributed by atoms with Crippen LogP contribution in [0.25, 0.3) is 6.08 Å². The lowest BCUT2D eigenvalue weighted by Crippen LogP contribution is -2.42. The van der Waals surface area contributed by atoms with Gasteiger partial charge in [0.05, 0.1) is 4.90 Å². The number of halogens is 1. The van der Waals surface area contributed by atoms with E-state index in [0.717, 1.165) is 4.47 Å². The summed E-state index contributed by atoms with van der Waals surface area (Å²) in [5, 5.41) is 9.07. The molecular formula is C16H12BrN3O3S.